The Morgan fingerprint density at radius 1 is 0.841 bits per heavy atom. The van der Waals surface area contributed by atoms with Crippen molar-refractivity contribution in [2.45, 2.75) is 44.6 Å². The molecule has 1 aliphatic rings. The molecule has 10 nitrogen and oxygen atoms in total. The van der Waals surface area contributed by atoms with Gasteiger partial charge in [0, 0.05) is 12.3 Å². The summed E-state index contributed by atoms with van der Waals surface area (Å²) >= 11 is 0. The van der Waals surface area contributed by atoms with E-state index in [-0.39, 0.29) is 0 Å². The molecule has 0 bridgehead atoms. The zero-order chi connectivity index (χ0) is 31.9. The number of aliphatic hydroxyl groups is 1. The lowest BCUT2D eigenvalue weighted by Gasteiger charge is -2.44. The molecular weight excluding hydrogens is 564 g/mol. The summed E-state index contributed by atoms with van der Waals surface area (Å²) in [5.74, 6) is -3.64. The third-order valence-corrected chi connectivity index (χ3v) is 7.89. The second kappa shape index (κ2) is 14.3. The Labute approximate surface area is 257 Å². The Hall–Kier alpha value is -4.57. The number of ketones is 1. The number of methoxy groups -OCH3 is 3. The van der Waals surface area contributed by atoms with Crippen LogP contribution in [0.15, 0.2) is 66.7 Å². The number of rotatable bonds is 12. The van der Waals surface area contributed by atoms with Crippen molar-refractivity contribution in [3.8, 4) is 23.0 Å². The zero-order valence-corrected chi connectivity index (χ0v) is 25.7. The summed E-state index contributed by atoms with van der Waals surface area (Å²) in [6.07, 6.45) is 1.39. The third kappa shape index (κ3) is 6.97. The van der Waals surface area contributed by atoms with Crippen LogP contribution in [0.1, 0.15) is 44.6 Å². The number of ether oxygens (including phenoxy) is 4. The standard InChI is InChI=1S/C34H40N2O8/c1-6-7-18-44-27-17-16-21(19-28(27)43-5)29-30(32(38)35-22-12-8-10-14-25(22)41-3)24(37)20-34(2,40)31(29)33(39)36-23-13-9-11-15-26(23)42-4/h8-17,19,29-31,40H,6-7,18,20H2,1-5H3,(H,35,38)(H,36,39). The maximum Gasteiger partial charge on any atom is 0.235 e. The van der Waals surface area contributed by atoms with E-state index in [0.717, 1.165) is 12.8 Å². The van der Waals surface area contributed by atoms with Crippen molar-refractivity contribution in [3.05, 3.63) is 72.3 Å². The summed E-state index contributed by atoms with van der Waals surface area (Å²) in [5.41, 5.74) is -0.577. The SMILES string of the molecule is CCCCOc1ccc(C2C(C(=O)Nc3ccccc3OC)C(=O)CC(C)(O)C2C(=O)Nc2ccccc2OC)cc1OC. The fourth-order valence-electron chi connectivity index (χ4n) is 5.75. The van der Waals surface area contributed by atoms with Gasteiger partial charge in [0.25, 0.3) is 0 Å². The van der Waals surface area contributed by atoms with Gasteiger partial charge in [-0.1, -0.05) is 43.7 Å². The molecule has 3 aromatic rings. The average molecular weight is 605 g/mol. The van der Waals surface area contributed by atoms with Crippen molar-refractivity contribution in [1.29, 1.82) is 0 Å². The molecule has 3 aromatic carbocycles. The predicted octanol–water partition coefficient (Wildman–Crippen LogP) is 5.21. The zero-order valence-electron chi connectivity index (χ0n) is 25.7. The van der Waals surface area contributed by atoms with E-state index < -0.39 is 47.4 Å². The summed E-state index contributed by atoms with van der Waals surface area (Å²) in [7, 11) is 4.45. The highest BCUT2D eigenvalue weighted by Gasteiger charge is 2.56. The molecule has 0 saturated heterocycles. The number of carbonyl (C=O) groups is 3. The minimum Gasteiger partial charge on any atom is -0.495 e. The second-order valence-electron chi connectivity index (χ2n) is 11.0. The average Bonchev–Trinajstić information content (AvgIpc) is 3.00. The summed E-state index contributed by atoms with van der Waals surface area (Å²) in [6.45, 7) is 3.98. The molecule has 2 amide bonds. The lowest BCUT2D eigenvalue weighted by atomic mass is 9.61. The van der Waals surface area contributed by atoms with Crippen LogP contribution in [-0.4, -0.2) is 56.2 Å². The van der Waals surface area contributed by atoms with Crippen LogP contribution in [0.5, 0.6) is 23.0 Å². The number of carbonyl (C=O) groups excluding carboxylic acids is 3. The summed E-state index contributed by atoms with van der Waals surface area (Å²) in [6, 6.07) is 18.8. The molecule has 3 N–H and O–H groups in total. The Morgan fingerprint density at radius 2 is 1.41 bits per heavy atom. The van der Waals surface area contributed by atoms with Gasteiger partial charge in [0.2, 0.25) is 11.8 Å². The molecule has 0 spiro atoms. The quantitative estimate of drug-likeness (QED) is 0.190. The predicted molar refractivity (Wildman–Crippen MR) is 167 cm³/mol. The number of Topliss-reactive ketones (excluding diaryl/α,β-unsaturated/α-hetero) is 1. The van der Waals surface area contributed by atoms with E-state index in [0.29, 0.717) is 46.5 Å². The van der Waals surface area contributed by atoms with E-state index in [1.807, 2.05) is 0 Å². The first-order valence-corrected chi connectivity index (χ1v) is 14.6. The molecular formula is C34H40N2O8. The van der Waals surface area contributed by atoms with Gasteiger partial charge in [-0.3, -0.25) is 14.4 Å². The highest BCUT2D eigenvalue weighted by atomic mass is 16.5. The monoisotopic (exact) mass is 604 g/mol. The Morgan fingerprint density at radius 3 is 1.98 bits per heavy atom. The van der Waals surface area contributed by atoms with E-state index >= 15 is 0 Å². The molecule has 10 heteroatoms. The third-order valence-electron chi connectivity index (χ3n) is 7.89. The van der Waals surface area contributed by atoms with Crippen molar-refractivity contribution in [1.82, 2.24) is 0 Å². The van der Waals surface area contributed by atoms with Crippen LogP contribution >= 0.6 is 0 Å². The van der Waals surface area contributed by atoms with Gasteiger partial charge in [0.1, 0.15) is 23.2 Å². The van der Waals surface area contributed by atoms with Gasteiger partial charge in [-0.25, -0.2) is 0 Å². The van der Waals surface area contributed by atoms with Crippen molar-refractivity contribution >= 4 is 29.0 Å². The number of hydrogen-bond acceptors (Lipinski definition) is 8. The van der Waals surface area contributed by atoms with Crippen LogP contribution < -0.4 is 29.6 Å². The van der Waals surface area contributed by atoms with Gasteiger partial charge >= 0.3 is 0 Å². The number of hydrogen-bond donors (Lipinski definition) is 3. The Balaban J connectivity index is 1.82. The van der Waals surface area contributed by atoms with Crippen LogP contribution in [0.2, 0.25) is 0 Å². The van der Waals surface area contributed by atoms with Crippen molar-refractivity contribution in [2.75, 3.05) is 38.6 Å². The first kappa shape index (κ1) is 32.3. The van der Waals surface area contributed by atoms with Gasteiger partial charge in [0.15, 0.2) is 11.5 Å². The molecule has 234 valence electrons. The first-order valence-electron chi connectivity index (χ1n) is 14.6. The van der Waals surface area contributed by atoms with E-state index in [2.05, 4.69) is 17.6 Å². The van der Waals surface area contributed by atoms with Crippen LogP contribution in [0.3, 0.4) is 0 Å². The number of amides is 2. The summed E-state index contributed by atoms with van der Waals surface area (Å²) in [5, 5.41) is 17.4. The topological polar surface area (TPSA) is 132 Å². The van der Waals surface area contributed by atoms with Crippen molar-refractivity contribution < 1.29 is 38.4 Å². The number of para-hydroxylation sites is 4. The van der Waals surface area contributed by atoms with E-state index in [1.54, 1.807) is 66.7 Å². The number of anilines is 2. The van der Waals surface area contributed by atoms with Crippen LogP contribution in [0, 0.1) is 11.8 Å². The van der Waals surface area contributed by atoms with Gasteiger partial charge < -0.3 is 34.7 Å². The van der Waals surface area contributed by atoms with E-state index in [4.69, 9.17) is 18.9 Å². The van der Waals surface area contributed by atoms with Gasteiger partial charge in [-0.15, -0.1) is 0 Å². The van der Waals surface area contributed by atoms with Crippen LogP contribution in [0.4, 0.5) is 11.4 Å². The molecule has 0 heterocycles. The minimum atomic E-state index is -1.79. The van der Waals surface area contributed by atoms with Gasteiger partial charge in [-0.2, -0.15) is 0 Å². The molecule has 44 heavy (non-hydrogen) atoms. The Kier molecular flexibility index (Phi) is 10.5. The molecule has 1 fully saturated rings. The summed E-state index contributed by atoms with van der Waals surface area (Å²) < 4.78 is 22.3. The molecule has 4 atom stereocenters. The van der Waals surface area contributed by atoms with Crippen LogP contribution in [-0.2, 0) is 14.4 Å². The normalized spacial score (nSPS) is 21.2. The second-order valence-corrected chi connectivity index (χ2v) is 11.0. The lowest BCUT2D eigenvalue weighted by molar-refractivity contribution is -0.150. The molecule has 4 rings (SSSR count). The largest absolute Gasteiger partial charge is 0.495 e. The maximum absolute atomic E-state index is 14.1. The van der Waals surface area contributed by atoms with Crippen molar-refractivity contribution in [2.24, 2.45) is 11.8 Å². The maximum atomic E-state index is 14.1. The van der Waals surface area contributed by atoms with Crippen LogP contribution in [0.25, 0.3) is 0 Å². The molecule has 1 aliphatic carbocycles. The molecule has 0 aromatic heterocycles. The fraction of sp³-hybridized carbons (Fsp3) is 0.382. The van der Waals surface area contributed by atoms with Crippen molar-refractivity contribution in [3.63, 3.8) is 0 Å². The molecule has 1 saturated carbocycles. The fourth-order valence-corrected chi connectivity index (χ4v) is 5.75. The minimum absolute atomic E-state index is 0.371. The molecule has 4 unspecified atom stereocenters. The number of nitrogens with one attached hydrogen (secondary N) is 2. The van der Waals surface area contributed by atoms with E-state index in [9.17, 15) is 19.5 Å². The lowest BCUT2D eigenvalue weighted by Crippen LogP contribution is -2.56. The smallest absolute Gasteiger partial charge is 0.235 e. The Bertz CT molecular complexity index is 1490. The highest BCUT2D eigenvalue weighted by Crippen LogP contribution is 2.48. The van der Waals surface area contributed by atoms with Gasteiger partial charge in [-0.05, 0) is 55.3 Å². The number of benzene rings is 3. The number of unbranched alkanes of at least 4 members (excludes halogenated alkanes) is 1. The highest BCUT2D eigenvalue weighted by molar-refractivity contribution is 6.11. The summed E-state index contributed by atoms with van der Waals surface area (Å²) in [4.78, 5) is 41.8. The first-order chi connectivity index (χ1) is 21.1. The van der Waals surface area contributed by atoms with Gasteiger partial charge in [0.05, 0.1) is 50.8 Å². The van der Waals surface area contributed by atoms with E-state index in [1.165, 1.54) is 28.3 Å². The molecule has 0 aliphatic heterocycles. The molecule has 0 radical (unpaired) electrons.